The molecule has 2 saturated carbocycles. The molecule has 0 N–H and O–H groups in total. The number of carbonyl (C=O) groups excluding carboxylic acids is 1. The average molecular weight is 599 g/mol. The lowest BCUT2D eigenvalue weighted by molar-refractivity contribution is -0.143. The molecule has 0 spiro atoms. The fraction of sp³-hybridized carbons (Fsp3) is 0.629. The van der Waals surface area contributed by atoms with Gasteiger partial charge in [-0.3, -0.25) is 4.79 Å². The van der Waals surface area contributed by atoms with Gasteiger partial charge in [-0.2, -0.15) is 0 Å². The first-order valence-corrected chi connectivity index (χ1v) is 19.1. The molecule has 2 aliphatic rings. The highest BCUT2D eigenvalue weighted by Gasteiger charge is 2.26. The monoisotopic (exact) mass is 598 g/mol. The summed E-state index contributed by atoms with van der Waals surface area (Å²) < 4.78 is 19.0. The minimum Gasteiger partial charge on any atom is -0.466 e. The van der Waals surface area contributed by atoms with E-state index in [0.29, 0.717) is 30.6 Å². The molecule has 4 rings (SSSR count). The molecule has 41 heavy (non-hydrogen) atoms. The van der Waals surface area contributed by atoms with Gasteiger partial charge in [-0.1, -0.05) is 114 Å². The summed E-state index contributed by atoms with van der Waals surface area (Å²) in [7, 11) is -1.33. The molecule has 2 aromatic rings. The predicted octanol–water partition coefficient (Wildman–Crippen LogP) is 11.5. The van der Waals surface area contributed by atoms with Gasteiger partial charge in [-0.15, -0.1) is 0 Å². The minimum absolute atomic E-state index is 0.119. The Bertz CT molecular complexity index is 955. The number of hydrogen-bond donors (Lipinski definition) is 0. The van der Waals surface area contributed by atoms with Crippen LogP contribution in [0.1, 0.15) is 139 Å². The second-order valence-corrected chi connectivity index (χ2v) is 14.9. The Morgan fingerprint density at radius 2 is 1.24 bits per heavy atom. The summed E-state index contributed by atoms with van der Waals surface area (Å²) in [5.41, 5.74) is 2.62. The number of carbonyl (C=O) groups is 1. The highest BCUT2D eigenvalue weighted by atomic mass is 32.7. The van der Waals surface area contributed by atoms with Crippen LogP contribution >= 0.6 is 19.0 Å². The standard InChI is InChI=1S/C35H51O4PS/c1-2-3-4-5-6-17-27-37-35(36)26-28-41-40(38-33-24-15-13-22-31(33)29-18-9-7-10-19-29)39-34-25-16-14-23-32(34)30-20-11-8-12-21-30/h13-16,22-25,29-30H,2-12,17-21,26-28H2,1H3. The summed E-state index contributed by atoms with van der Waals surface area (Å²) in [6, 6.07) is 17.1. The number of ether oxygens (including phenoxy) is 1. The van der Waals surface area contributed by atoms with E-state index in [1.54, 1.807) is 11.4 Å². The van der Waals surface area contributed by atoms with Gasteiger partial charge in [-0.05, 0) is 78.6 Å². The van der Waals surface area contributed by atoms with E-state index in [9.17, 15) is 4.79 Å². The van der Waals surface area contributed by atoms with Gasteiger partial charge >= 0.3 is 13.5 Å². The second kappa shape index (κ2) is 18.7. The van der Waals surface area contributed by atoms with Crippen LogP contribution in [0.15, 0.2) is 48.5 Å². The third-order valence-electron chi connectivity index (χ3n) is 8.54. The molecule has 4 nitrogen and oxygen atoms in total. The molecule has 2 aliphatic carbocycles. The van der Waals surface area contributed by atoms with Gasteiger partial charge in [-0.25, -0.2) is 0 Å². The van der Waals surface area contributed by atoms with Gasteiger partial charge in [0.2, 0.25) is 0 Å². The topological polar surface area (TPSA) is 44.8 Å². The molecule has 0 amide bonds. The van der Waals surface area contributed by atoms with E-state index in [0.717, 1.165) is 24.3 Å². The first-order valence-electron chi connectivity index (χ1n) is 16.4. The van der Waals surface area contributed by atoms with E-state index < -0.39 is 7.58 Å². The van der Waals surface area contributed by atoms with E-state index in [1.807, 2.05) is 0 Å². The maximum atomic E-state index is 12.5. The predicted molar refractivity (Wildman–Crippen MR) is 174 cm³/mol. The third-order valence-corrected chi connectivity index (χ3v) is 11.5. The average Bonchev–Trinajstić information content (AvgIpc) is 3.02. The van der Waals surface area contributed by atoms with Crippen molar-refractivity contribution in [2.75, 3.05) is 12.4 Å². The third kappa shape index (κ3) is 11.1. The Morgan fingerprint density at radius 3 is 1.80 bits per heavy atom. The van der Waals surface area contributed by atoms with Crippen molar-refractivity contribution < 1.29 is 18.6 Å². The quantitative estimate of drug-likeness (QED) is 0.103. The Balaban J connectivity index is 1.38. The van der Waals surface area contributed by atoms with Crippen LogP contribution in [0.25, 0.3) is 0 Å². The highest BCUT2D eigenvalue weighted by molar-refractivity contribution is 8.53. The highest BCUT2D eigenvalue weighted by Crippen LogP contribution is 2.55. The molecule has 0 unspecified atom stereocenters. The second-order valence-electron chi connectivity index (χ2n) is 11.7. The SMILES string of the molecule is CCCCCCCCOC(=O)CCSP(Oc1ccccc1C1CCCCC1)Oc1ccccc1C1CCCCC1. The zero-order chi connectivity index (χ0) is 28.5. The van der Waals surface area contributed by atoms with Crippen molar-refractivity contribution in [2.45, 2.75) is 128 Å². The fourth-order valence-electron chi connectivity index (χ4n) is 6.21. The smallest absolute Gasteiger partial charge is 0.360 e. The van der Waals surface area contributed by atoms with Crippen molar-refractivity contribution in [3.05, 3.63) is 59.7 Å². The summed E-state index contributed by atoms with van der Waals surface area (Å²) in [5, 5.41) is 0. The Hall–Kier alpha value is -1.71. The first kappa shape index (κ1) is 32.2. The van der Waals surface area contributed by atoms with Crippen LogP contribution < -0.4 is 9.05 Å². The molecular formula is C35H51O4PS. The minimum atomic E-state index is -1.33. The van der Waals surface area contributed by atoms with E-state index >= 15 is 0 Å². The van der Waals surface area contributed by atoms with Crippen LogP contribution in [0.5, 0.6) is 11.5 Å². The van der Waals surface area contributed by atoms with Crippen molar-refractivity contribution in [3.63, 3.8) is 0 Å². The molecule has 0 atom stereocenters. The molecule has 6 heteroatoms. The van der Waals surface area contributed by atoms with Gasteiger partial charge < -0.3 is 13.8 Å². The molecule has 2 fully saturated rings. The Morgan fingerprint density at radius 1 is 0.732 bits per heavy atom. The van der Waals surface area contributed by atoms with Crippen LogP contribution in [0.3, 0.4) is 0 Å². The van der Waals surface area contributed by atoms with Crippen LogP contribution in [0.4, 0.5) is 0 Å². The van der Waals surface area contributed by atoms with Gasteiger partial charge in [0.15, 0.2) is 0 Å². The summed E-state index contributed by atoms with van der Waals surface area (Å²) in [5.74, 6) is 3.49. The molecule has 0 radical (unpaired) electrons. The summed E-state index contributed by atoms with van der Waals surface area (Å²) in [6.45, 7) is 2.76. The number of rotatable bonds is 17. The summed E-state index contributed by atoms with van der Waals surface area (Å²) in [6.07, 6.45) is 20.2. The molecule has 0 aromatic heterocycles. The fourth-order valence-corrected chi connectivity index (χ4v) is 8.93. The van der Waals surface area contributed by atoms with E-state index in [1.165, 1.54) is 101 Å². The van der Waals surface area contributed by atoms with E-state index in [-0.39, 0.29) is 5.97 Å². The number of hydrogen-bond acceptors (Lipinski definition) is 5. The molecule has 0 aliphatic heterocycles. The molecule has 226 valence electrons. The van der Waals surface area contributed by atoms with Crippen molar-refractivity contribution in [3.8, 4) is 11.5 Å². The maximum Gasteiger partial charge on any atom is 0.360 e. The lowest BCUT2D eigenvalue weighted by atomic mass is 9.84. The molecular weight excluding hydrogens is 547 g/mol. The number of unbranched alkanes of at least 4 members (excludes halogenated alkanes) is 5. The van der Waals surface area contributed by atoms with Crippen LogP contribution in [-0.2, 0) is 9.53 Å². The van der Waals surface area contributed by atoms with Crippen molar-refractivity contribution in [2.24, 2.45) is 0 Å². The van der Waals surface area contributed by atoms with Gasteiger partial charge in [0.05, 0.1) is 13.0 Å². The number of benzene rings is 2. The van der Waals surface area contributed by atoms with Crippen LogP contribution in [-0.4, -0.2) is 18.3 Å². The Kier molecular flexibility index (Phi) is 14.7. The largest absolute Gasteiger partial charge is 0.466 e. The molecule has 2 aromatic carbocycles. The molecule has 0 heterocycles. The van der Waals surface area contributed by atoms with Crippen LogP contribution in [0, 0.1) is 0 Å². The van der Waals surface area contributed by atoms with Crippen LogP contribution in [0.2, 0.25) is 0 Å². The normalized spacial score (nSPS) is 16.5. The van der Waals surface area contributed by atoms with Crippen molar-refractivity contribution >= 4 is 24.9 Å². The molecule has 0 saturated heterocycles. The first-order chi connectivity index (χ1) is 20.2. The van der Waals surface area contributed by atoms with E-state index in [2.05, 4.69) is 55.5 Å². The zero-order valence-electron chi connectivity index (χ0n) is 25.2. The summed E-state index contributed by atoms with van der Waals surface area (Å²) in [4.78, 5) is 12.5. The molecule has 0 bridgehead atoms. The lowest BCUT2D eigenvalue weighted by Crippen LogP contribution is -2.09. The number of para-hydroxylation sites is 2. The van der Waals surface area contributed by atoms with Crippen molar-refractivity contribution in [1.29, 1.82) is 0 Å². The van der Waals surface area contributed by atoms with Crippen molar-refractivity contribution in [1.82, 2.24) is 0 Å². The Labute approximate surface area is 254 Å². The zero-order valence-corrected chi connectivity index (χ0v) is 26.9. The van der Waals surface area contributed by atoms with Gasteiger partial charge in [0.25, 0.3) is 0 Å². The summed E-state index contributed by atoms with van der Waals surface area (Å²) >= 11 is 1.62. The van der Waals surface area contributed by atoms with E-state index in [4.69, 9.17) is 13.8 Å². The number of esters is 1. The maximum absolute atomic E-state index is 12.5. The van der Waals surface area contributed by atoms with Gasteiger partial charge in [0, 0.05) is 5.75 Å². The van der Waals surface area contributed by atoms with Gasteiger partial charge in [0.1, 0.15) is 11.5 Å². The lowest BCUT2D eigenvalue weighted by Gasteiger charge is -2.27.